The van der Waals surface area contributed by atoms with Crippen LogP contribution >= 0.6 is 0 Å². The summed E-state index contributed by atoms with van der Waals surface area (Å²) in [5, 5.41) is 21.0. The van der Waals surface area contributed by atoms with Crippen LogP contribution in [0.2, 0.25) is 0 Å². The molecule has 6 rings (SSSR count). The molecule has 0 bridgehead atoms. The lowest BCUT2D eigenvalue weighted by atomic mass is 10.0. The SMILES string of the molecule is N=C(C(=O)O)/C(=C/c1ccc2c(c1)c1ccccc1n2-c1ccc(-c2ccccc2)cc1)C(=O)[NH2+]c1ccccc1. The molecule has 6 aromatic rings. The van der Waals surface area contributed by atoms with Crippen LogP contribution < -0.4 is 5.32 Å². The number of aliphatic carboxylic acids is 1. The minimum Gasteiger partial charge on any atom is -0.477 e. The molecule has 1 aromatic heterocycles. The molecule has 5 aromatic carbocycles. The van der Waals surface area contributed by atoms with E-state index in [9.17, 15) is 14.7 Å². The maximum Gasteiger partial charge on any atom is 0.354 e. The minimum atomic E-state index is -1.46. The van der Waals surface area contributed by atoms with Crippen LogP contribution in [0.4, 0.5) is 5.69 Å². The smallest absolute Gasteiger partial charge is 0.354 e. The number of nitrogens with one attached hydrogen (secondary N) is 1. The first kappa shape index (κ1) is 25.7. The van der Waals surface area contributed by atoms with Gasteiger partial charge in [-0.3, -0.25) is 5.41 Å². The number of para-hydroxylation sites is 2. The molecule has 0 radical (unpaired) electrons. The molecule has 0 unspecified atom stereocenters. The van der Waals surface area contributed by atoms with Crippen molar-refractivity contribution in [3.05, 3.63) is 139 Å². The first-order chi connectivity index (χ1) is 20.0. The van der Waals surface area contributed by atoms with Crippen LogP contribution in [-0.2, 0) is 9.59 Å². The van der Waals surface area contributed by atoms with Gasteiger partial charge >= 0.3 is 11.9 Å². The Morgan fingerprint density at radius 2 is 1.29 bits per heavy atom. The number of carboxylic acids is 1. The van der Waals surface area contributed by atoms with E-state index in [-0.39, 0.29) is 5.57 Å². The molecule has 0 aliphatic rings. The molecule has 6 nitrogen and oxygen atoms in total. The molecule has 1 amide bonds. The van der Waals surface area contributed by atoms with Crippen LogP contribution in [-0.4, -0.2) is 27.3 Å². The molecule has 41 heavy (non-hydrogen) atoms. The van der Waals surface area contributed by atoms with E-state index in [4.69, 9.17) is 5.41 Å². The van der Waals surface area contributed by atoms with Crippen molar-refractivity contribution in [1.29, 1.82) is 5.41 Å². The Labute approximate surface area is 236 Å². The van der Waals surface area contributed by atoms with Crippen molar-refractivity contribution < 1.29 is 20.0 Å². The number of nitrogens with two attached hydrogens (primary N) is 1. The number of benzene rings is 5. The van der Waals surface area contributed by atoms with Crippen LogP contribution in [0.15, 0.2) is 133 Å². The lowest BCUT2D eigenvalue weighted by Crippen LogP contribution is -2.83. The zero-order valence-corrected chi connectivity index (χ0v) is 22.0. The molecule has 0 saturated carbocycles. The van der Waals surface area contributed by atoms with Gasteiger partial charge in [0.1, 0.15) is 11.3 Å². The number of hydrogen-bond donors (Lipinski definition) is 3. The van der Waals surface area contributed by atoms with Crippen molar-refractivity contribution >= 4 is 51.2 Å². The summed E-state index contributed by atoms with van der Waals surface area (Å²) in [6.45, 7) is 0. The van der Waals surface area contributed by atoms with E-state index in [2.05, 4.69) is 53.1 Å². The van der Waals surface area contributed by atoms with Gasteiger partial charge in [0.2, 0.25) is 0 Å². The Kier molecular flexibility index (Phi) is 6.81. The number of carbonyl (C=O) groups is 2. The van der Waals surface area contributed by atoms with Gasteiger partial charge in [-0.05, 0) is 65.2 Å². The number of amides is 1. The highest BCUT2D eigenvalue weighted by Crippen LogP contribution is 2.33. The number of carbonyl (C=O) groups excluding carboxylic acids is 1. The molecule has 6 heteroatoms. The number of carboxylic acid groups (broad SMARTS) is 1. The molecule has 0 spiro atoms. The Bertz CT molecular complexity index is 1960. The predicted molar refractivity (Wildman–Crippen MR) is 163 cm³/mol. The third-order valence-electron chi connectivity index (χ3n) is 7.09. The van der Waals surface area contributed by atoms with Crippen LogP contribution in [0, 0.1) is 5.41 Å². The van der Waals surface area contributed by atoms with E-state index in [0.29, 0.717) is 11.3 Å². The zero-order valence-electron chi connectivity index (χ0n) is 22.0. The van der Waals surface area contributed by atoms with E-state index < -0.39 is 17.6 Å². The second-order valence-electron chi connectivity index (χ2n) is 9.70. The second kappa shape index (κ2) is 10.9. The van der Waals surface area contributed by atoms with Crippen LogP contribution in [0.1, 0.15) is 5.56 Å². The number of rotatable bonds is 7. The molecule has 4 N–H and O–H groups in total. The van der Waals surface area contributed by atoms with Gasteiger partial charge in [-0.1, -0.05) is 84.9 Å². The fourth-order valence-corrected chi connectivity index (χ4v) is 5.12. The summed E-state index contributed by atoms with van der Waals surface area (Å²) in [7, 11) is 0. The van der Waals surface area contributed by atoms with Crippen LogP contribution in [0.5, 0.6) is 0 Å². The Morgan fingerprint density at radius 3 is 2.00 bits per heavy atom. The van der Waals surface area contributed by atoms with Crippen molar-refractivity contribution in [1.82, 2.24) is 4.57 Å². The molecule has 1 heterocycles. The van der Waals surface area contributed by atoms with Gasteiger partial charge in [0.15, 0.2) is 5.71 Å². The molecule has 0 fully saturated rings. The Morgan fingerprint density at radius 1 is 0.683 bits per heavy atom. The number of quaternary nitrogens is 1. The molecule has 0 saturated heterocycles. The van der Waals surface area contributed by atoms with Crippen LogP contribution in [0.3, 0.4) is 0 Å². The zero-order chi connectivity index (χ0) is 28.3. The van der Waals surface area contributed by atoms with Gasteiger partial charge in [0.25, 0.3) is 0 Å². The van der Waals surface area contributed by atoms with Gasteiger partial charge in [0, 0.05) is 16.5 Å². The Balaban J connectivity index is 1.44. The fraction of sp³-hybridized carbons (Fsp3) is 0. The lowest BCUT2D eigenvalue weighted by molar-refractivity contribution is -0.478. The third kappa shape index (κ3) is 5.07. The Hall–Kier alpha value is -5.59. The minimum absolute atomic E-state index is 0.180. The first-order valence-corrected chi connectivity index (χ1v) is 13.2. The molecular formula is C35H26N3O3+. The van der Waals surface area contributed by atoms with Gasteiger partial charge in [-0.2, -0.15) is 0 Å². The summed E-state index contributed by atoms with van der Waals surface area (Å²) in [4.78, 5) is 24.8. The summed E-state index contributed by atoms with van der Waals surface area (Å²) in [5.41, 5.74) is 5.65. The van der Waals surface area contributed by atoms with E-state index in [0.717, 1.165) is 38.6 Å². The number of fused-ring (bicyclic) bond motifs is 3. The number of nitrogens with zero attached hydrogens (tertiary/aromatic N) is 1. The first-order valence-electron chi connectivity index (χ1n) is 13.2. The maximum absolute atomic E-state index is 13.1. The van der Waals surface area contributed by atoms with Crippen molar-refractivity contribution in [3.63, 3.8) is 0 Å². The topological polar surface area (TPSA) is 99.8 Å². The monoisotopic (exact) mass is 536 g/mol. The molecule has 0 aliphatic carbocycles. The van der Waals surface area contributed by atoms with Gasteiger partial charge in [-0.15, -0.1) is 0 Å². The molecule has 0 aliphatic heterocycles. The van der Waals surface area contributed by atoms with E-state index in [1.165, 1.54) is 11.4 Å². The molecule has 0 atom stereocenters. The average molecular weight is 537 g/mol. The van der Waals surface area contributed by atoms with E-state index in [1.54, 1.807) is 24.3 Å². The van der Waals surface area contributed by atoms with Crippen molar-refractivity contribution in [3.8, 4) is 16.8 Å². The summed E-state index contributed by atoms with van der Waals surface area (Å²) in [5.74, 6) is -1.99. The highest BCUT2D eigenvalue weighted by molar-refractivity contribution is 6.48. The van der Waals surface area contributed by atoms with Crippen LogP contribution in [0.25, 0.3) is 44.7 Å². The normalized spacial score (nSPS) is 11.6. The molecule has 198 valence electrons. The number of hydrogen-bond acceptors (Lipinski definition) is 3. The fourth-order valence-electron chi connectivity index (χ4n) is 5.12. The van der Waals surface area contributed by atoms with E-state index in [1.807, 2.05) is 54.6 Å². The lowest BCUT2D eigenvalue weighted by Gasteiger charge is -2.10. The largest absolute Gasteiger partial charge is 0.477 e. The molecular weight excluding hydrogens is 510 g/mol. The predicted octanol–water partition coefficient (Wildman–Crippen LogP) is 6.36. The highest BCUT2D eigenvalue weighted by atomic mass is 16.4. The highest BCUT2D eigenvalue weighted by Gasteiger charge is 2.25. The van der Waals surface area contributed by atoms with Crippen molar-refractivity contribution in [2.45, 2.75) is 0 Å². The number of aromatic nitrogens is 1. The standard InChI is InChI=1S/C35H25N3O3/c36-33(35(40)41)30(34(39)37-26-11-5-2-6-12-26)22-23-15-20-32-29(21-23)28-13-7-8-14-31(28)38(32)27-18-16-25(17-19-27)24-9-3-1-4-10-24/h1-22,36H,(H,37,39)(H,40,41)/p+1/b30-22-,36-33?. The summed E-state index contributed by atoms with van der Waals surface area (Å²) in [6, 6.07) is 41.5. The quantitative estimate of drug-likeness (QED) is 0.126. The second-order valence-corrected chi connectivity index (χ2v) is 9.70. The van der Waals surface area contributed by atoms with Gasteiger partial charge in [0.05, 0.1) is 11.0 Å². The van der Waals surface area contributed by atoms with Gasteiger partial charge < -0.3 is 9.67 Å². The summed E-state index contributed by atoms with van der Waals surface area (Å²) in [6.07, 6.45) is 1.48. The van der Waals surface area contributed by atoms with Crippen molar-refractivity contribution in [2.75, 3.05) is 0 Å². The number of primary amides is 1. The summed E-state index contributed by atoms with van der Waals surface area (Å²) < 4.78 is 2.20. The average Bonchev–Trinajstić information content (AvgIpc) is 3.34. The third-order valence-corrected chi connectivity index (χ3v) is 7.09. The van der Waals surface area contributed by atoms with Crippen molar-refractivity contribution in [2.24, 2.45) is 0 Å². The van der Waals surface area contributed by atoms with E-state index >= 15 is 0 Å². The van der Waals surface area contributed by atoms with Gasteiger partial charge in [-0.25, -0.2) is 14.9 Å². The summed E-state index contributed by atoms with van der Waals surface area (Å²) >= 11 is 0. The maximum atomic E-state index is 13.1.